The van der Waals surface area contributed by atoms with Gasteiger partial charge in [-0.05, 0) is 25.0 Å². The Balaban J connectivity index is 2.30. The van der Waals surface area contributed by atoms with E-state index in [-0.39, 0.29) is 11.3 Å². The lowest BCUT2D eigenvalue weighted by Crippen LogP contribution is -2.27. The highest BCUT2D eigenvalue weighted by Gasteiger charge is 2.57. The average molecular weight is 222 g/mol. The molecule has 0 amide bonds. The highest BCUT2D eigenvalue weighted by Crippen LogP contribution is 2.49. The summed E-state index contributed by atoms with van der Waals surface area (Å²) in [5.74, 6) is -1.35. The Kier molecular flexibility index (Phi) is 2.50. The molecule has 1 aromatic rings. The van der Waals surface area contributed by atoms with Crippen LogP contribution >= 0.6 is 0 Å². The third-order valence-corrected chi connectivity index (χ3v) is 2.85. The number of hydrogen-bond donors (Lipinski definition) is 0. The summed E-state index contributed by atoms with van der Waals surface area (Å²) >= 11 is 0. The summed E-state index contributed by atoms with van der Waals surface area (Å²) in [5, 5.41) is 0. The van der Waals surface area contributed by atoms with Gasteiger partial charge in [0, 0.05) is 5.56 Å². The number of carbonyl (C=O) groups is 2. The van der Waals surface area contributed by atoms with Gasteiger partial charge in [0.15, 0.2) is 5.78 Å². The van der Waals surface area contributed by atoms with Crippen LogP contribution in [0.5, 0.6) is 0 Å². The molecule has 84 valence electrons. The van der Waals surface area contributed by atoms with Gasteiger partial charge >= 0.3 is 5.97 Å². The molecule has 0 aromatic heterocycles. The van der Waals surface area contributed by atoms with Crippen LogP contribution in [0.25, 0.3) is 0 Å². The third kappa shape index (κ3) is 1.60. The van der Waals surface area contributed by atoms with Gasteiger partial charge in [0.1, 0.15) is 11.2 Å². The van der Waals surface area contributed by atoms with Gasteiger partial charge in [0.2, 0.25) is 0 Å². The Hall–Kier alpha value is -1.71. The standard InChI is InChI=1S/C12H11FO3/c1-16-11(15)12(5-6-12)10(14)8-3-2-4-9(13)7-8/h2-4,7H,5-6H2,1H3. The van der Waals surface area contributed by atoms with Crippen molar-refractivity contribution in [3.63, 3.8) is 0 Å². The lowest BCUT2D eigenvalue weighted by Gasteiger charge is -2.11. The number of methoxy groups -OCH3 is 1. The molecule has 0 spiro atoms. The maximum Gasteiger partial charge on any atom is 0.319 e. The van der Waals surface area contributed by atoms with Gasteiger partial charge in [-0.15, -0.1) is 0 Å². The van der Waals surface area contributed by atoms with Crippen LogP contribution in [0, 0.1) is 11.2 Å². The number of rotatable bonds is 3. The number of hydrogen-bond acceptors (Lipinski definition) is 3. The van der Waals surface area contributed by atoms with Crippen LogP contribution < -0.4 is 0 Å². The van der Waals surface area contributed by atoms with Crippen molar-refractivity contribution in [3.8, 4) is 0 Å². The molecule has 0 bridgehead atoms. The van der Waals surface area contributed by atoms with Gasteiger partial charge in [-0.25, -0.2) is 4.39 Å². The number of benzene rings is 1. The number of Topliss-reactive ketones (excluding diaryl/α,β-unsaturated/α-hetero) is 1. The van der Waals surface area contributed by atoms with Crippen molar-refractivity contribution in [2.24, 2.45) is 5.41 Å². The molecule has 0 N–H and O–H groups in total. The van der Waals surface area contributed by atoms with E-state index in [1.54, 1.807) is 0 Å². The van der Waals surface area contributed by atoms with Crippen LogP contribution in [-0.4, -0.2) is 18.9 Å². The zero-order chi connectivity index (χ0) is 11.8. The molecule has 0 aliphatic heterocycles. The predicted molar refractivity (Wildman–Crippen MR) is 54.4 cm³/mol. The number of halogens is 1. The van der Waals surface area contributed by atoms with E-state index in [9.17, 15) is 14.0 Å². The minimum atomic E-state index is -1.05. The quantitative estimate of drug-likeness (QED) is 0.446. The van der Waals surface area contributed by atoms with E-state index in [2.05, 4.69) is 4.74 Å². The highest BCUT2D eigenvalue weighted by atomic mass is 19.1. The first-order valence-corrected chi connectivity index (χ1v) is 4.99. The zero-order valence-corrected chi connectivity index (χ0v) is 8.83. The van der Waals surface area contributed by atoms with Gasteiger partial charge < -0.3 is 4.74 Å². The monoisotopic (exact) mass is 222 g/mol. The third-order valence-electron chi connectivity index (χ3n) is 2.85. The van der Waals surface area contributed by atoms with Gasteiger partial charge in [-0.2, -0.15) is 0 Å². The van der Waals surface area contributed by atoms with Crippen molar-refractivity contribution >= 4 is 11.8 Å². The maximum absolute atomic E-state index is 13.0. The molecular formula is C12H11FO3. The van der Waals surface area contributed by atoms with Crippen LogP contribution in [0.4, 0.5) is 4.39 Å². The molecule has 3 nitrogen and oxygen atoms in total. The van der Waals surface area contributed by atoms with Crippen LogP contribution in [0.15, 0.2) is 24.3 Å². The van der Waals surface area contributed by atoms with Crippen molar-refractivity contribution < 1.29 is 18.7 Å². The highest BCUT2D eigenvalue weighted by molar-refractivity contribution is 6.14. The summed E-state index contributed by atoms with van der Waals surface area (Å²) in [6.45, 7) is 0. The van der Waals surface area contributed by atoms with Crippen LogP contribution in [-0.2, 0) is 9.53 Å². The van der Waals surface area contributed by atoms with E-state index >= 15 is 0 Å². The number of ketones is 1. The largest absolute Gasteiger partial charge is 0.468 e. The molecule has 0 radical (unpaired) electrons. The summed E-state index contributed by atoms with van der Waals surface area (Å²) in [6.07, 6.45) is 0.962. The van der Waals surface area contributed by atoms with Crippen molar-refractivity contribution in [2.45, 2.75) is 12.8 Å². The molecule has 2 rings (SSSR count). The van der Waals surface area contributed by atoms with Gasteiger partial charge in [0.25, 0.3) is 0 Å². The Morgan fingerprint density at radius 3 is 2.56 bits per heavy atom. The second-order valence-electron chi connectivity index (χ2n) is 3.91. The SMILES string of the molecule is COC(=O)C1(C(=O)c2cccc(F)c2)CC1. The second-order valence-corrected chi connectivity index (χ2v) is 3.91. The van der Waals surface area contributed by atoms with Gasteiger partial charge in [0.05, 0.1) is 7.11 Å². The Morgan fingerprint density at radius 1 is 1.38 bits per heavy atom. The Morgan fingerprint density at radius 2 is 2.06 bits per heavy atom. The van der Waals surface area contributed by atoms with E-state index < -0.39 is 17.2 Å². The topological polar surface area (TPSA) is 43.4 Å². The van der Waals surface area contributed by atoms with Crippen molar-refractivity contribution in [1.29, 1.82) is 0 Å². The number of esters is 1. The molecule has 16 heavy (non-hydrogen) atoms. The van der Waals surface area contributed by atoms with Gasteiger partial charge in [-0.3, -0.25) is 9.59 Å². The van der Waals surface area contributed by atoms with Gasteiger partial charge in [-0.1, -0.05) is 12.1 Å². The number of carbonyl (C=O) groups excluding carboxylic acids is 2. The molecule has 0 unspecified atom stereocenters. The maximum atomic E-state index is 13.0. The first-order valence-electron chi connectivity index (χ1n) is 4.99. The molecule has 0 atom stereocenters. The van der Waals surface area contributed by atoms with E-state index in [1.807, 2.05) is 0 Å². The van der Waals surface area contributed by atoms with Crippen molar-refractivity contribution in [1.82, 2.24) is 0 Å². The van der Waals surface area contributed by atoms with E-state index in [0.29, 0.717) is 12.8 Å². The Bertz CT molecular complexity index is 449. The summed E-state index contributed by atoms with van der Waals surface area (Å²) in [6, 6.07) is 5.37. The number of ether oxygens (including phenoxy) is 1. The molecule has 0 heterocycles. The summed E-state index contributed by atoms with van der Waals surface area (Å²) in [7, 11) is 1.25. The summed E-state index contributed by atoms with van der Waals surface area (Å²) < 4.78 is 17.5. The summed E-state index contributed by atoms with van der Waals surface area (Å²) in [5.41, 5.74) is -0.828. The van der Waals surface area contributed by atoms with E-state index in [1.165, 1.54) is 25.3 Å². The van der Waals surface area contributed by atoms with Crippen LogP contribution in [0.2, 0.25) is 0 Å². The fraction of sp³-hybridized carbons (Fsp3) is 0.333. The van der Waals surface area contributed by atoms with Crippen molar-refractivity contribution in [3.05, 3.63) is 35.6 Å². The van der Waals surface area contributed by atoms with Crippen molar-refractivity contribution in [2.75, 3.05) is 7.11 Å². The normalized spacial score (nSPS) is 16.6. The molecule has 0 saturated heterocycles. The fourth-order valence-electron chi connectivity index (χ4n) is 1.75. The zero-order valence-electron chi connectivity index (χ0n) is 8.83. The predicted octanol–water partition coefficient (Wildman–Crippen LogP) is 1.96. The Labute approximate surface area is 92.2 Å². The molecule has 1 fully saturated rings. The smallest absolute Gasteiger partial charge is 0.319 e. The van der Waals surface area contributed by atoms with E-state index in [0.717, 1.165) is 6.07 Å². The second kappa shape index (κ2) is 3.70. The average Bonchev–Trinajstić information content (AvgIpc) is 3.08. The van der Waals surface area contributed by atoms with Crippen LogP contribution in [0.3, 0.4) is 0 Å². The minimum absolute atomic E-state index is 0.225. The van der Waals surface area contributed by atoms with Crippen LogP contribution in [0.1, 0.15) is 23.2 Å². The fourth-order valence-corrected chi connectivity index (χ4v) is 1.75. The molecule has 1 aromatic carbocycles. The molecule has 1 saturated carbocycles. The first kappa shape index (κ1) is 10.8. The molecule has 1 aliphatic rings. The summed E-state index contributed by atoms with van der Waals surface area (Å²) in [4.78, 5) is 23.5. The lowest BCUT2D eigenvalue weighted by molar-refractivity contribution is -0.145. The molecular weight excluding hydrogens is 211 g/mol. The minimum Gasteiger partial charge on any atom is -0.468 e. The first-order chi connectivity index (χ1) is 7.60. The lowest BCUT2D eigenvalue weighted by atomic mass is 9.95. The molecule has 4 heteroatoms. The van der Waals surface area contributed by atoms with E-state index in [4.69, 9.17) is 0 Å². The molecule has 1 aliphatic carbocycles.